The van der Waals surface area contributed by atoms with Gasteiger partial charge in [-0.2, -0.15) is 0 Å². The molecule has 1 N–H and O–H groups in total. The van der Waals surface area contributed by atoms with Crippen LogP contribution in [0.15, 0.2) is 36.4 Å². The Morgan fingerprint density at radius 1 is 1.18 bits per heavy atom. The standard InChI is InChI=1S/C23H19ClN4O5/c1-11-10-12(28(32)33)7-8-15(11)27-20(29)17-16-6-3-9-26(16)23(18(17)21(27)30)13-4-2-5-14(24)19(13)25-22(23)31/h2,4-5,7-8,10,16-18H,3,6,9H2,1H3,(H,25,31)/t16-,17-,18+,23-/m1/s1. The maximum atomic E-state index is 13.9. The molecule has 2 aromatic carbocycles. The maximum absolute atomic E-state index is 13.9. The highest BCUT2D eigenvalue weighted by molar-refractivity contribution is 6.35. The lowest BCUT2D eigenvalue weighted by molar-refractivity contribution is -0.384. The molecule has 10 heteroatoms. The molecular weight excluding hydrogens is 448 g/mol. The molecule has 0 aromatic heterocycles. The van der Waals surface area contributed by atoms with E-state index in [0.29, 0.717) is 40.5 Å². The summed E-state index contributed by atoms with van der Waals surface area (Å²) in [4.78, 5) is 55.0. The van der Waals surface area contributed by atoms with Crippen LogP contribution in [0.4, 0.5) is 17.1 Å². The molecule has 3 fully saturated rings. The van der Waals surface area contributed by atoms with E-state index in [1.165, 1.54) is 18.2 Å². The number of carbonyl (C=O) groups excluding carboxylic acids is 3. The highest BCUT2D eigenvalue weighted by Crippen LogP contribution is 2.61. The number of rotatable bonds is 2. The van der Waals surface area contributed by atoms with Gasteiger partial charge in [0.05, 0.1) is 33.2 Å². The van der Waals surface area contributed by atoms with Gasteiger partial charge in [0.15, 0.2) is 0 Å². The van der Waals surface area contributed by atoms with E-state index >= 15 is 0 Å². The third-order valence-electron chi connectivity index (χ3n) is 7.61. The van der Waals surface area contributed by atoms with E-state index in [0.717, 1.165) is 11.3 Å². The quantitative estimate of drug-likeness (QED) is 0.413. The van der Waals surface area contributed by atoms with Crippen molar-refractivity contribution in [2.24, 2.45) is 11.8 Å². The lowest BCUT2D eigenvalue weighted by Gasteiger charge is -2.36. The van der Waals surface area contributed by atoms with Crippen LogP contribution in [0.5, 0.6) is 0 Å². The Balaban J connectivity index is 1.53. The molecule has 3 amide bonds. The first-order valence-electron chi connectivity index (χ1n) is 10.8. The fourth-order valence-electron chi connectivity index (χ4n) is 6.44. The third-order valence-corrected chi connectivity index (χ3v) is 7.92. The third kappa shape index (κ3) is 2.33. The molecule has 4 aliphatic rings. The first-order valence-corrected chi connectivity index (χ1v) is 11.2. The number of nitro groups is 1. The largest absolute Gasteiger partial charge is 0.323 e. The second-order valence-corrected chi connectivity index (χ2v) is 9.44. The van der Waals surface area contributed by atoms with E-state index in [4.69, 9.17) is 11.6 Å². The first kappa shape index (κ1) is 20.3. The predicted octanol–water partition coefficient (Wildman–Crippen LogP) is 2.99. The van der Waals surface area contributed by atoms with E-state index < -0.39 is 28.2 Å². The number of halogens is 1. The highest BCUT2D eigenvalue weighted by atomic mass is 35.5. The van der Waals surface area contributed by atoms with Crippen LogP contribution < -0.4 is 10.2 Å². The minimum atomic E-state index is -1.30. The van der Waals surface area contributed by atoms with Crippen molar-refractivity contribution in [3.63, 3.8) is 0 Å². The predicted molar refractivity (Wildman–Crippen MR) is 119 cm³/mol. The molecule has 0 aliphatic carbocycles. The van der Waals surface area contributed by atoms with Gasteiger partial charge in [-0.1, -0.05) is 23.7 Å². The van der Waals surface area contributed by atoms with Crippen molar-refractivity contribution in [1.82, 2.24) is 4.90 Å². The molecule has 2 aromatic rings. The van der Waals surface area contributed by atoms with Gasteiger partial charge in [0.2, 0.25) is 11.8 Å². The summed E-state index contributed by atoms with van der Waals surface area (Å²) < 4.78 is 0. The van der Waals surface area contributed by atoms with Crippen molar-refractivity contribution >= 4 is 46.4 Å². The number of imide groups is 1. The van der Waals surface area contributed by atoms with Crippen LogP contribution in [0, 0.1) is 28.9 Å². The maximum Gasteiger partial charge on any atom is 0.269 e. The molecule has 1 spiro atoms. The van der Waals surface area contributed by atoms with Crippen LogP contribution in [-0.2, 0) is 19.9 Å². The van der Waals surface area contributed by atoms with Crippen molar-refractivity contribution in [3.05, 3.63) is 62.7 Å². The van der Waals surface area contributed by atoms with E-state index in [-0.39, 0.29) is 23.5 Å². The molecule has 4 heterocycles. The molecule has 3 saturated heterocycles. The lowest BCUT2D eigenvalue weighted by Crippen LogP contribution is -2.54. The number of nitro benzene ring substituents is 1. The molecule has 0 radical (unpaired) electrons. The molecule has 0 saturated carbocycles. The van der Waals surface area contributed by atoms with Gasteiger partial charge < -0.3 is 5.32 Å². The monoisotopic (exact) mass is 466 g/mol. The zero-order valence-electron chi connectivity index (χ0n) is 17.6. The molecule has 168 valence electrons. The summed E-state index contributed by atoms with van der Waals surface area (Å²) in [6.45, 7) is 2.24. The average molecular weight is 467 g/mol. The number of fused-ring (bicyclic) bond motifs is 7. The summed E-state index contributed by atoms with van der Waals surface area (Å²) in [7, 11) is 0. The normalized spacial score (nSPS) is 30.1. The van der Waals surface area contributed by atoms with Gasteiger partial charge in [-0.25, -0.2) is 4.90 Å². The van der Waals surface area contributed by atoms with E-state index in [1.54, 1.807) is 25.1 Å². The number of carbonyl (C=O) groups is 3. The molecular formula is C23H19ClN4O5. The number of para-hydroxylation sites is 1. The Labute approximate surface area is 193 Å². The molecule has 33 heavy (non-hydrogen) atoms. The first-order chi connectivity index (χ1) is 15.8. The number of amides is 3. The zero-order valence-corrected chi connectivity index (χ0v) is 18.3. The number of aryl methyl sites for hydroxylation is 1. The van der Waals surface area contributed by atoms with Gasteiger partial charge in [0, 0.05) is 23.7 Å². The van der Waals surface area contributed by atoms with Gasteiger partial charge in [0.25, 0.3) is 11.6 Å². The zero-order chi connectivity index (χ0) is 23.2. The summed E-state index contributed by atoms with van der Waals surface area (Å²) in [6, 6.07) is 9.05. The highest BCUT2D eigenvalue weighted by Gasteiger charge is 2.74. The van der Waals surface area contributed by atoms with Crippen LogP contribution in [0.25, 0.3) is 0 Å². The van der Waals surface area contributed by atoms with Crippen LogP contribution in [0.1, 0.15) is 24.0 Å². The van der Waals surface area contributed by atoms with E-state index in [2.05, 4.69) is 5.32 Å². The van der Waals surface area contributed by atoms with Crippen molar-refractivity contribution in [2.45, 2.75) is 31.3 Å². The van der Waals surface area contributed by atoms with Gasteiger partial charge in [-0.05, 0) is 44.0 Å². The number of anilines is 2. The summed E-state index contributed by atoms with van der Waals surface area (Å²) in [5.41, 5.74) is 0.454. The summed E-state index contributed by atoms with van der Waals surface area (Å²) >= 11 is 6.38. The lowest BCUT2D eigenvalue weighted by atomic mass is 9.75. The molecule has 4 aliphatic heterocycles. The molecule has 0 bridgehead atoms. The number of hydrogen-bond donors (Lipinski definition) is 1. The van der Waals surface area contributed by atoms with E-state index in [1.807, 2.05) is 4.90 Å². The molecule has 4 atom stereocenters. The van der Waals surface area contributed by atoms with E-state index in [9.17, 15) is 24.5 Å². The van der Waals surface area contributed by atoms with Crippen molar-refractivity contribution in [3.8, 4) is 0 Å². The fraction of sp³-hybridized carbons (Fsp3) is 0.348. The van der Waals surface area contributed by atoms with Gasteiger partial charge in [-0.15, -0.1) is 0 Å². The number of hydrogen-bond acceptors (Lipinski definition) is 6. The van der Waals surface area contributed by atoms with Gasteiger partial charge >= 0.3 is 0 Å². The summed E-state index contributed by atoms with van der Waals surface area (Å²) in [5, 5.41) is 14.4. The number of nitrogens with zero attached hydrogens (tertiary/aromatic N) is 3. The number of non-ortho nitro benzene ring substituents is 1. The van der Waals surface area contributed by atoms with Crippen molar-refractivity contribution < 1.29 is 19.3 Å². The number of nitrogens with one attached hydrogen (secondary N) is 1. The average Bonchev–Trinajstić information content (AvgIpc) is 3.48. The van der Waals surface area contributed by atoms with Crippen LogP contribution in [0.2, 0.25) is 5.02 Å². The topological polar surface area (TPSA) is 113 Å². The summed E-state index contributed by atoms with van der Waals surface area (Å²) in [6.07, 6.45) is 1.52. The second kappa shape index (κ2) is 6.61. The summed E-state index contributed by atoms with van der Waals surface area (Å²) in [5.74, 6) is -2.73. The minimum Gasteiger partial charge on any atom is -0.323 e. The van der Waals surface area contributed by atoms with Gasteiger partial charge in [0.1, 0.15) is 5.54 Å². The van der Waals surface area contributed by atoms with Crippen LogP contribution in [-0.4, -0.2) is 40.1 Å². The smallest absolute Gasteiger partial charge is 0.269 e. The molecule has 6 rings (SSSR count). The minimum absolute atomic E-state index is 0.118. The van der Waals surface area contributed by atoms with Crippen LogP contribution >= 0.6 is 11.6 Å². The Morgan fingerprint density at radius 3 is 2.70 bits per heavy atom. The van der Waals surface area contributed by atoms with Crippen LogP contribution in [0.3, 0.4) is 0 Å². The van der Waals surface area contributed by atoms with Crippen molar-refractivity contribution in [1.29, 1.82) is 0 Å². The Kier molecular flexibility index (Phi) is 4.07. The fourth-order valence-corrected chi connectivity index (χ4v) is 6.66. The number of benzene rings is 2. The molecule has 0 unspecified atom stereocenters. The SMILES string of the molecule is Cc1cc([N+](=O)[O-])ccc1N1C(=O)[C@@H]2[C@H]3CCCN3[C@@]3(C(=O)Nc4c(Cl)cccc43)[C@@H]2C1=O. The molecule has 9 nitrogen and oxygen atoms in total. The Morgan fingerprint density at radius 2 is 1.97 bits per heavy atom. The van der Waals surface area contributed by atoms with Crippen molar-refractivity contribution in [2.75, 3.05) is 16.8 Å². The Bertz CT molecular complexity index is 1300. The Hall–Kier alpha value is -3.30. The van der Waals surface area contributed by atoms with Gasteiger partial charge in [-0.3, -0.25) is 29.4 Å². The second-order valence-electron chi connectivity index (χ2n) is 9.03.